The summed E-state index contributed by atoms with van der Waals surface area (Å²) in [6.07, 6.45) is 0. The highest BCUT2D eigenvalue weighted by molar-refractivity contribution is 5.99. The van der Waals surface area contributed by atoms with E-state index < -0.39 is 0 Å². The molecule has 0 saturated carbocycles. The van der Waals surface area contributed by atoms with Gasteiger partial charge in [0.1, 0.15) is 0 Å². The minimum absolute atomic E-state index is 0.0185. The molecule has 5 nitrogen and oxygen atoms in total. The van der Waals surface area contributed by atoms with Crippen molar-refractivity contribution in [1.29, 1.82) is 0 Å². The van der Waals surface area contributed by atoms with Crippen LogP contribution in [0.1, 0.15) is 0 Å². The van der Waals surface area contributed by atoms with E-state index in [4.69, 9.17) is 4.84 Å². The molecule has 5 heteroatoms. The second-order valence-electron chi connectivity index (χ2n) is 2.14. The molecular formula is C5H7N3O2. The lowest BCUT2D eigenvalue weighted by Gasteiger charge is -2.23. The van der Waals surface area contributed by atoms with Crippen LogP contribution in [0.2, 0.25) is 0 Å². The van der Waals surface area contributed by atoms with Crippen molar-refractivity contribution in [3.8, 4) is 0 Å². The fraction of sp³-hybridized carbons (Fsp3) is 0.600. The summed E-state index contributed by atoms with van der Waals surface area (Å²) in [5.74, 6) is 0.534. The van der Waals surface area contributed by atoms with E-state index in [2.05, 4.69) is 10.5 Å². The number of hydrogen-bond donors (Lipinski definition) is 1. The van der Waals surface area contributed by atoms with Crippen molar-refractivity contribution in [2.45, 2.75) is 0 Å². The molecule has 0 aromatic carbocycles. The predicted molar refractivity (Wildman–Crippen MR) is 33.1 cm³/mol. The van der Waals surface area contributed by atoms with Crippen LogP contribution < -0.4 is 5.48 Å². The van der Waals surface area contributed by atoms with Crippen LogP contribution in [-0.4, -0.2) is 36.5 Å². The Bertz CT molecular complexity index is 201. The lowest BCUT2D eigenvalue weighted by atomic mass is 10.5. The Morgan fingerprint density at radius 2 is 2.60 bits per heavy atom. The van der Waals surface area contributed by atoms with Gasteiger partial charge in [0.15, 0.2) is 6.61 Å². The summed E-state index contributed by atoms with van der Waals surface area (Å²) in [5.41, 5.74) is 2.57. The van der Waals surface area contributed by atoms with E-state index in [1.807, 2.05) is 0 Å². The van der Waals surface area contributed by atoms with E-state index in [9.17, 15) is 4.79 Å². The summed E-state index contributed by atoms with van der Waals surface area (Å²) in [5, 5.41) is 0. The standard InChI is InChI=1S/C5H7N3O2/c9-4-3-10-7-5-6-1-2-8(4)5/h1-3H2,(H,6,7). The Labute approximate surface area is 57.6 Å². The van der Waals surface area contributed by atoms with Crippen LogP contribution in [0.25, 0.3) is 0 Å². The van der Waals surface area contributed by atoms with Crippen LogP contribution >= 0.6 is 0 Å². The van der Waals surface area contributed by atoms with Gasteiger partial charge >= 0.3 is 0 Å². The summed E-state index contributed by atoms with van der Waals surface area (Å²) in [6, 6.07) is 0. The zero-order valence-corrected chi connectivity index (χ0v) is 5.33. The van der Waals surface area contributed by atoms with Crippen molar-refractivity contribution in [2.24, 2.45) is 4.99 Å². The molecule has 1 fully saturated rings. The number of carbonyl (C=O) groups is 1. The molecule has 0 unspecified atom stereocenters. The first-order valence-corrected chi connectivity index (χ1v) is 3.10. The van der Waals surface area contributed by atoms with Crippen molar-refractivity contribution < 1.29 is 9.63 Å². The van der Waals surface area contributed by atoms with Crippen LogP contribution in [0.5, 0.6) is 0 Å². The maximum atomic E-state index is 11.0. The monoisotopic (exact) mass is 141 g/mol. The Morgan fingerprint density at radius 3 is 3.40 bits per heavy atom. The second kappa shape index (κ2) is 1.95. The number of carbonyl (C=O) groups excluding carboxylic acids is 1. The van der Waals surface area contributed by atoms with E-state index in [0.717, 1.165) is 0 Å². The first-order chi connectivity index (χ1) is 4.88. The number of amides is 1. The van der Waals surface area contributed by atoms with E-state index >= 15 is 0 Å². The van der Waals surface area contributed by atoms with E-state index in [1.165, 1.54) is 0 Å². The third kappa shape index (κ3) is 0.672. The lowest BCUT2D eigenvalue weighted by molar-refractivity contribution is -0.137. The average molecular weight is 141 g/mol. The van der Waals surface area contributed by atoms with Gasteiger partial charge in [0.05, 0.1) is 6.54 Å². The van der Waals surface area contributed by atoms with E-state index in [-0.39, 0.29) is 12.5 Å². The van der Waals surface area contributed by atoms with Gasteiger partial charge < -0.3 is 0 Å². The number of hydroxylamine groups is 1. The van der Waals surface area contributed by atoms with Gasteiger partial charge in [-0.3, -0.25) is 14.5 Å². The minimum Gasteiger partial charge on any atom is -0.277 e. The zero-order valence-electron chi connectivity index (χ0n) is 5.33. The second-order valence-corrected chi connectivity index (χ2v) is 2.14. The van der Waals surface area contributed by atoms with Gasteiger partial charge in [0.2, 0.25) is 5.96 Å². The number of fused-ring (bicyclic) bond motifs is 1. The molecule has 1 amide bonds. The van der Waals surface area contributed by atoms with Crippen LogP contribution in [0.15, 0.2) is 4.99 Å². The van der Waals surface area contributed by atoms with Crippen molar-refractivity contribution in [2.75, 3.05) is 19.7 Å². The molecule has 0 bridgehead atoms. The first-order valence-electron chi connectivity index (χ1n) is 3.10. The number of guanidine groups is 1. The number of aliphatic imine (C=N–C) groups is 1. The van der Waals surface area contributed by atoms with Gasteiger partial charge in [-0.05, 0) is 0 Å². The molecule has 2 rings (SSSR count). The van der Waals surface area contributed by atoms with E-state index in [0.29, 0.717) is 19.0 Å². The highest BCUT2D eigenvalue weighted by atomic mass is 16.7. The minimum atomic E-state index is -0.0185. The van der Waals surface area contributed by atoms with Crippen LogP contribution in [0.4, 0.5) is 0 Å². The fourth-order valence-corrected chi connectivity index (χ4v) is 1.02. The highest BCUT2D eigenvalue weighted by Gasteiger charge is 2.27. The summed E-state index contributed by atoms with van der Waals surface area (Å²) in [6.45, 7) is 1.47. The number of rotatable bonds is 0. The smallest absolute Gasteiger partial charge is 0.258 e. The van der Waals surface area contributed by atoms with E-state index in [1.54, 1.807) is 4.90 Å². The Morgan fingerprint density at radius 1 is 1.70 bits per heavy atom. The summed E-state index contributed by atoms with van der Waals surface area (Å²) < 4.78 is 0. The third-order valence-electron chi connectivity index (χ3n) is 1.50. The molecule has 2 aliphatic rings. The molecule has 54 valence electrons. The van der Waals surface area contributed by atoms with Crippen LogP contribution in [0, 0.1) is 0 Å². The molecule has 0 atom stereocenters. The van der Waals surface area contributed by atoms with Crippen molar-refractivity contribution in [1.82, 2.24) is 10.4 Å². The van der Waals surface area contributed by atoms with Gasteiger partial charge in [0.25, 0.3) is 5.91 Å². The first kappa shape index (κ1) is 5.67. The quantitative estimate of drug-likeness (QED) is 0.457. The van der Waals surface area contributed by atoms with Crippen molar-refractivity contribution in [3.63, 3.8) is 0 Å². The molecular weight excluding hydrogens is 134 g/mol. The molecule has 2 heterocycles. The molecule has 1 saturated heterocycles. The lowest BCUT2D eigenvalue weighted by Crippen LogP contribution is -2.49. The highest BCUT2D eigenvalue weighted by Crippen LogP contribution is 2.03. The van der Waals surface area contributed by atoms with Gasteiger partial charge in [-0.1, -0.05) is 0 Å². The number of hydrogen-bond acceptors (Lipinski definition) is 4. The van der Waals surface area contributed by atoms with Gasteiger partial charge in [-0.15, -0.1) is 0 Å². The third-order valence-corrected chi connectivity index (χ3v) is 1.50. The normalized spacial score (nSPS) is 23.8. The topological polar surface area (TPSA) is 53.9 Å². The molecule has 0 radical (unpaired) electrons. The summed E-state index contributed by atoms with van der Waals surface area (Å²) >= 11 is 0. The summed E-state index contributed by atoms with van der Waals surface area (Å²) in [4.78, 5) is 21.3. The molecule has 0 spiro atoms. The molecule has 0 aromatic rings. The molecule has 0 aromatic heterocycles. The Hall–Kier alpha value is -1.10. The molecule has 2 aliphatic heterocycles. The zero-order chi connectivity index (χ0) is 6.97. The molecule has 10 heavy (non-hydrogen) atoms. The number of nitrogens with zero attached hydrogens (tertiary/aromatic N) is 2. The van der Waals surface area contributed by atoms with Crippen LogP contribution in [0.3, 0.4) is 0 Å². The SMILES string of the molecule is O=C1CONC2=NCCN12. The largest absolute Gasteiger partial charge is 0.277 e. The maximum absolute atomic E-state index is 11.0. The number of nitrogens with one attached hydrogen (secondary N) is 1. The van der Waals surface area contributed by atoms with Gasteiger partial charge in [-0.2, -0.15) is 0 Å². The Kier molecular flexibility index (Phi) is 1.10. The molecule has 1 N–H and O–H groups in total. The van der Waals surface area contributed by atoms with Gasteiger partial charge in [-0.25, -0.2) is 10.5 Å². The molecule has 0 aliphatic carbocycles. The van der Waals surface area contributed by atoms with Crippen LogP contribution in [-0.2, 0) is 9.63 Å². The van der Waals surface area contributed by atoms with Crippen molar-refractivity contribution in [3.05, 3.63) is 0 Å². The average Bonchev–Trinajstić information content (AvgIpc) is 2.36. The van der Waals surface area contributed by atoms with Gasteiger partial charge in [0, 0.05) is 6.54 Å². The van der Waals surface area contributed by atoms with Crippen molar-refractivity contribution >= 4 is 11.9 Å². The fourth-order valence-electron chi connectivity index (χ4n) is 1.02. The summed E-state index contributed by atoms with van der Waals surface area (Å²) in [7, 11) is 0. The predicted octanol–water partition coefficient (Wildman–Crippen LogP) is -1.28. The Balaban J connectivity index is 2.21. The maximum Gasteiger partial charge on any atom is 0.258 e.